The van der Waals surface area contributed by atoms with Gasteiger partial charge in [-0.2, -0.15) is 0 Å². The summed E-state index contributed by atoms with van der Waals surface area (Å²) in [7, 11) is 1.66. The van der Waals surface area contributed by atoms with E-state index in [1.54, 1.807) is 7.11 Å². The molecule has 0 saturated heterocycles. The van der Waals surface area contributed by atoms with E-state index < -0.39 is 0 Å². The zero-order valence-electron chi connectivity index (χ0n) is 10.9. The van der Waals surface area contributed by atoms with Crippen LogP contribution in [-0.4, -0.2) is 17.3 Å². The Balaban J connectivity index is 2.59. The van der Waals surface area contributed by atoms with Crippen molar-refractivity contribution in [3.05, 3.63) is 40.0 Å². The van der Waals surface area contributed by atoms with Crippen LogP contribution in [0.2, 0.25) is 5.15 Å². The molecular weight excluding hydrogens is 248 g/mol. The number of ether oxygens (including phenoxy) is 1. The average molecular weight is 263 g/mol. The van der Waals surface area contributed by atoms with Crippen molar-refractivity contribution in [2.45, 2.75) is 20.8 Å². The summed E-state index contributed by atoms with van der Waals surface area (Å²) in [6.45, 7) is 5.99. The number of benzene rings is 1. The topological polar surface area (TPSA) is 35.0 Å². The molecule has 0 amide bonds. The van der Waals surface area contributed by atoms with Gasteiger partial charge in [-0.3, -0.25) is 0 Å². The first kappa shape index (κ1) is 12.8. The van der Waals surface area contributed by atoms with Gasteiger partial charge in [-0.1, -0.05) is 11.6 Å². The molecule has 0 atom stereocenters. The van der Waals surface area contributed by atoms with Gasteiger partial charge in [0.05, 0.1) is 12.8 Å². The maximum absolute atomic E-state index is 5.97. The number of halogens is 1. The summed E-state index contributed by atoms with van der Waals surface area (Å²) >= 11 is 5.97. The number of nitrogens with zero attached hydrogens (tertiary/aromatic N) is 2. The van der Waals surface area contributed by atoms with Gasteiger partial charge in [0.2, 0.25) is 0 Å². The van der Waals surface area contributed by atoms with E-state index in [9.17, 15) is 0 Å². The molecular formula is C14H15ClN2O. The van der Waals surface area contributed by atoms with Crippen molar-refractivity contribution in [2.75, 3.05) is 7.11 Å². The van der Waals surface area contributed by atoms with E-state index in [0.29, 0.717) is 5.15 Å². The van der Waals surface area contributed by atoms with Gasteiger partial charge < -0.3 is 4.74 Å². The lowest BCUT2D eigenvalue weighted by atomic mass is 10.00. The minimum Gasteiger partial charge on any atom is -0.497 e. The van der Waals surface area contributed by atoms with E-state index in [4.69, 9.17) is 16.3 Å². The van der Waals surface area contributed by atoms with Crippen LogP contribution >= 0.6 is 11.6 Å². The first-order valence-electron chi connectivity index (χ1n) is 5.69. The molecule has 3 nitrogen and oxygen atoms in total. The molecule has 2 rings (SSSR count). The van der Waals surface area contributed by atoms with Gasteiger partial charge in [0.15, 0.2) is 5.15 Å². The second-order valence-corrected chi connectivity index (χ2v) is 4.63. The van der Waals surface area contributed by atoms with Crippen LogP contribution in [0.25, 0.3) is 11.3 Å². The Morgan fingerprint density at radius 3 is 2.39 bits per heavy atom. The van der Waals surface area contributed by atoms with Crippen molar-refractivity contribution >= 4 is 11.6 Å². The number of aryl methyl sites for hydroxylation is 1. The third-order valence-electron chi connectivity index (χ3n) is 3.15. The van der Waals surface area contributed by atoms with Crippen LogP contribution < -0.4 is 4.74 Å². The molecule has 1 aromatic carbocycles. The quantitative estimate of drug-likeness (QED) is 0.827. The van der Waals surface area contributed by atoms with Gasteiger partial charge in [0.1, 0.15) is 5.75 Å². The van der Waals surface area contributed by atoms with Crippen molar-refractivity contribution < 1.29 is 4.74 Å². The van der Waals surface area contributed by atoms with Crippen LogP contribution in [-0.2, 0) is 0 Å². The fourth-order valence-corrected chi connectivity index (χ4v) is 2.04. The highest BCUT2D eigenvalue weighted by Gasteiger charge is 2.12. The minimum atomic E-state index is 0.461. The lowest BCUT2D eigenvalue weighted by molar-refractivity contribution is 0.414. The lowest BCUT2D eigenvalue weighted by Crippen LogP contribution is -1.98. The zero-order valence-corrected chi connectivity index (χ0v) is 11.7. The van der Waals surface area contributed by atoms with Crippen LogP contribution in [0.15, 0.2) is 18.2 Å². The van der Waals surface area contributed by atoms with Crippen molar-refractivity contribution in [3.63, 3.8) is 0 Å². The molecule has 0 aliphatic heterocycles. The summed E-state index contributed by atoms with van der Waals surface area (Å²) in [6, 6.07) is 5.91. The maximum atomic E-state index is 5.97. The maximum Gasteiger partial charge on any atom is 0.154 e. The summed E-state index contributed by atoms with van der Waals surface area (Å²) in [5.41, 5.74) is 5.06. The number of rotatable bonds is 2. The van der Waals surface area contributed by atoms with E-state index in [2.05, 4.69) is 10.2 Å². The van der Waals surface area contributed by atoms with Gasteiger partial charge in [0, 0.05) is 5.56 Å². The highest BCUT2D eigenvalue weighted by Crippen LogP contribution is 2.30. The minimum absolute atomic E-state index is 0.461. The molecule has 0 fully saturated rings. The summed E-state index contributed by atoms with van der Waals surface area (Å²) in [4.78, 5) is 0. The Hall–Kier alpha value is -1.61. The Kier molecular flexibility index (Phi) is 3.53. The monoisotopic (exact) mass is 262 g/mol. The molecule has 1 heterocycles. The van der Waals surface area contributed by atoms with Crippen molar-refractivity contribution in [3.8, 4) is 17.0 Å². The third kappa shape index (κ3) is 2.18. The molecule has 0 bridgehead atoms. The molecule has 2 aromatic rings. The van der Waals surface area contributed by atoms with E-state index in [-0.39, 0.29) is 0 Å². The van der Waals surface area contributed by atoms with Gasteiger partial charge in [-0.25, -0.2) is 0 Å². The average Bonchev–Trinajstić information content (AvgIpc) is 2.37. The molecule has 0 unspecified atom stereocenters. The van der Waals surface area contributed by atoms with Crippen LogP contribution in [0.1, 0.15) is 16.7 Å². The zero-order chi connectivity index (χ0) is 13.3. The van der Waals surface area contributed by atoms with Crippen LogP contribution in [0.3, 0.4) is 0 Å². The molecule has 18 heavy (non-hydrogen) atoms. The van der Waals surface area contributed by atoms with Crippen molar-refractivity contribution in [1.29, 1.82) is 0 Å². The Labute approximate surface area is 112 Å². The highest BCUT2D eigenvalue weighted by molar-refractivity contribution is 6.30. The predicted molar refractivity (Wildman–Crippen MR) is 73.2 cm³/mol. The van der Waals surface area contributed by atoms with E-state index >= 15 is 0 Å². The van der Waals surface area contributed by atoms with Crippen LogP contribution in [0.5, 0.6) is 5.75 Å². The second kappa shape index (κ2) is 4.94. The van der Waals surface area contributed by atoms with Gasteiger partial charge in [-0.15, -0.1) is 10.2 Å². The van der Waals surface area contributed by atoms with Crippen molar-refractivity contribution in [1.82, 2.24) is 10.2 Å². The second-order valence-electron chi connectivity index (χ2n) is 4.27. The standard InChI is InChI=1S/C14H15ClN2O/c1-8-7-11(18-4)5-6-12(8)13-9(2)10(3)14(15)17-16-13/h5-7H,1-4H3. The number of hydrogen-bond acceptors (Lipinski definition) is 3. The summed E-state index contributed by atoms with van der Waals surface area (Å²) in [5, 5.41) is 8.65. The number of aromatic nitrogens is 2. The number of methoxy groups -OCH3 is 1. The molecule has 4 heteroatoms. The smallest absolute Gasteiger partial charge is 0.154 e. The van der Waals surface area contributed by atoms with E-state index in [0.717, 1.165) is 33.7 Å². The normalized spacial score (nSPS) is 10.5. The third-order valence-corrected chi connectivity index (χ3v) is 3.51. The highest BCUT2D eigenvalue weighted by atomic mass is 35.5. The SMILES string of the molecule is COc1ccc(-c2nnc(Cl)c(C)c2C)c(C)c1. The van der Waals surface area contributed by atoms with Crippen LogP contribution in [0, 0.1) is 20.8 Å². The van der Waals surface area contributed by atoms with Gasteiger partial charge >= 0.3 is 0 Å². The summed E-state index contributed by atoms with van der Waals surface area (Å²) < 4.78 is 5.20. The molecule has 1 aromatic heterocycles. The first-order chi connectivity index (χ1) is 8.54. The lowest BCUT2D eigenvalue weighted by Gasteiger charge is -2.11. The molecule has 0 spiro atoms. The van der Waals surface area contributed by atoms with Crippen molar-refractivity contribution in [2.24, 2.45) is 0 Å². The fraction of sp³-hybridized carbons (Fsp3) is 0.286. The van der Waals surface area contributed by atoms with Crippen LogP contribution in [0.4, 0.5) is 0 Å². The molecule has 0 aliphatic carbocycles. The molecule has 0 N–H and O–H groups in total. The molecule has 94 valence electrons. The largest absolute Gasteiger partial charge is 0.497 e. The Bertz CT molecular complexity index is 597. The first-order valence-corrected chi connectivity index (χ1v) is 6.06. The number of hydrogen-bond donors (Lipinski definition) is 0. The molecule has 0 aliphatic rings. The van der Waals surface area contributed by atoms with Gasteiger partial charge in [0.25, 0.3) is 0 Å². The predicted octanol–water partition coefficient (Wildman–Crippen LogP) is 3.73. The Morgan fingerprint density at radius 1 is 1.06 bits per heavy atom. The summed E-state index contributed by atoms with van der Waals surface area (Å²) in [5.74, 6) is 0.840. The van der Waals surface area contributed by atoms with E-state index in [1.165, 1.54) is 0 Å². The molecule has 0 saturated carbocycles. The Morgan fingerprint density at radius 2 is 1.78 bits per heavy atom. The van der Waals surface area contributed by atoms with E-state index in [1.807, 2.05) is 39.0 Å². The molecule has 0 radical (unpaired) electrons. The summed E-state index contributed by atoms with van der Waals surface area (Å²) in [6.07, 6.45) is 0. The fourth-order valence-electron chi connectivity index (χ4n) is 1.86. The van der Waals surface area contributed by atoms with Gasteiger partial charge in [-0.05, 0) is 55.7 Å².